The quantitative estimate of drug-likeness (QED) is 0.855. The Morgan fingerprint density at radius 3 is 3.09 bits per heavy atom. The van der Waals surface area contributed by atoms with Gasteiger partial charge in [-0.15, -0.1) is 0 Å². The van der Waals surface area contributed by atoms with Crippen molar-refractivity contribution in [1.29, 1.82) is 0 Å². The number of aromatic amines is 1. The number of hydrogen-bond donors (Lipinski definition) is 1. The van der Waals surface area contributed by atoms with Gasteiger partial charge in [0.25, 0.3) is 0 Å². The number of nitrogens with zero attached hydrogens (tertiary/aromatic N) is 5. The van der Waals surface area contributed by atoms with E-state index in [9.17, 15) is 0 Å². The van der Waals surface area contributed by atoms with Gasteiger partial charge in [-0.3, -0.25) is 9.88 Å². The Bertz CT molecular complexity index is 585. The predicted octanol–water partition coefficient (Wildman–Crippen LogP) is 0.915. The van der Waals surface area contributed by atoms with Crippen molar-refractivity contribution in [2.45, 2.75) is 25.6 Å². The zero-order valence-electron chi connectivity index (χ0n) is 13.1. The molecule has 1 fully saturated rings. The number of H-pyrrole nitrogens is 1. The van der Waals surface area contributed by atoms with E-state index in [0.29, 0.717) is 0 Å². The first kappa shape index (κ1) is 14.9. The summed E-state index contributed by atoms with van der Waals surface area (Å²) < 4.78 is 6.10. The van der Waals surface area contributed by atoms with Crippen molar-refractivity contribution in [1.82, 2.24) is 30.2 Å². The predicted molar refractivity (Wildman–Crippen MR) is 82.3 cm³/mol. The molecule has 7 heteroatoms. The molecule has 1 aliphatic rings. The van der Waals surface area contributed by atoms with Crippen molar-refractivity contribution in [3.8, 4) is 5.75 Å². The average molecular weight is 302 g/mol. The standard InChI is InChI=1S/C15H22N6O/c1-20(2)9-12-7-14(3-5-16-12)22-15-4-6-21(11-15)10-13-8-17-19-18-13/h3,5,7-8,15H,4,6,9-11H2,1-2H3,(H,17,18,19). The molecule has 22 heavy (non-hydrogen) atoms. The summed E-state index contributed by atoms with van der Waals surface area (Å²) in [5, 5.41) is 10.6. The van der Waals surface area contributed by atoms with E-state index in [0.717, 1.165) is 49.7 Å². The zero-order valence-corrected chi connectivity index (χ0v) is 13.1. The molecule has 3 heterocycles. The van der Waals surface area contributed by atoms with Crippen molar-refractivity contribution >= 4 is 0 Å². The fraction of sp³-hybridized carbons (Fsp3) is 0.533. The lowest BCUT2D eigenvalue weighted by Gasteiger charge is -2.16. The van der Waals surface area contributed by atoms with Crippen LogP contribution in [0.2, 0.25) is 0 Å². The van der Waals surface area contributed by atoms with Gasteiger partial charge in [-0.25, -0.2) is 0 Å². The van der Waals surface area contributed by atoms with E-state index in [1.807, 2.05) is 32.4 Å². The van der Waals surface area contributed by atoms with Gasteiger partial charge in [0.1, 0.15) is 11.9 Å². The maximum atomic E-state index is 6.10. The molecule has 0 saturated carbocycles. The Hall–Kier alpha value is -1.99. The fourth-order valence-electron chi connectivity index (χ4n) is 2.70. The summed E-state index contributed by atoms with van der Waals surface area (Å²) in [7, 11) is 4.07. The van der Waals surface area contributed by atoms with E-state index < -0.39 is 0 Å². The first-order valence-electron chi connectivity index (χ1n) is 7.52. The monoisotopic (exact) mass is 302 g/mol. The van der Waals surface area contributed by atoms with Crippen LogP contribution < -0.4 is 4.74 Å². The van der Waals surface area contributed by atoms with Crippen LogP contribution in [-0.4, -0.2) is 63.5 Å². The number of nitrogens with one attached hydrogen (secondary N) is 1. The molecule has 1 atom stereocenters. The van der Waals surface area contributed by atoms with Crippen molar-refractivity contribution in [3.05, 3.63) is 35.9 Å². The van der Waals surface area contributed by atoms with Gasteiger partial charge in [-0.1, -0.05) is 0 Å². The Labute approximate surface area is 130 Å². The third kappa shape index (κ3) is 4.02. The molecule has 1 saturated heterocycles. The lowest BCUT2D eigenvalue weighted by molar-refractivity contribution is 0.197. The number of aromatic nitrogens is 4. The second kappa shape index (κ2) is 6.85. The smallest absolute Gasteiger partial charge is 0.123 e. The summed E-state index contributed by atoms with van der Waals surface area (Å²) in [6, 6.07) is 3.96. The van der Waals surface area contributed by atoms with Crippen LogP contribution in [0.3, 0.4) is 0 Å². The Balaban J connectivity index is 1.53. The molecule has 1 aliphatic heterocycles. The Morgan fingerprint density at radius 1 is 1.41 bits per heavy atom. The van der Waals surface area contributed by atoms with Gasteiger partial charge in [0.15, 0.2) is 0 Å². The second-order valence-corrected chi connectivity index (χ2v) is 5.95. The van der Waals surface area contributed by atoms with E-state index in [1.54, 1.807) is 6.20 Å². The van der Waals surface area contributed by atoms with Crippen LogP contribution in [0.1, 0.15) is 17.8 Å². The molecule has 1 N–H and O–H groups in total. The van der Waals surface area contributed by atoms with Crippen molar-refractivity contribution in [3.63, 3.8) is 0 Å². The van der Waals surface area contributed by atoms with Crippen LogP contribution in [0.5, 0.6) is 5.75 Å². The van der Waals surface area contributed by atoms with E-state index >= 15 is 0 Å². The summed E-state index contributed by atoms with van der Waals surface area (Å²) in [6.45, 7) is 3.57. The van der Waals surface area contributed by atoms with Crippen LogP contribution in [0.15, 0.2) is 24.5 Å². The fourth-order valence-corrected chi connectivity index (χ4v) is 2.70. The first-order valence-corrected chi connectivity index (χ1v) is 7.52. The molecule has 3 rings (SSSR count). The topological polar surface area (TPSA) is 70.2 Å². The van der Waals surface area contributed by atoms with E-state index in [2.05, 4.69) is 30.2 Å². The van der Waals surface area contributed by atoms with Crippen LogP contribution in [0, 0.1) is 0 Å². The highest BCUT2D eigenvalue weighted by molar-refractivity contribution is 5.23. The lowest BCUT2D eigenvalue weighted by atomic mass is 10.3. The number of rotatable bonds is 6. The summed E-state index contributed by atoms with van der Waals surface area (Å²) in [4.78, 5) is 8.80. The van der Waals surface area contributed by atoms with E-state index in [1.165, 1.54) is 0 Å². The van der Waals surface area contributed by atoms with Gasteiger partial charge in [-0.2, -0.15) is 15.4 Å². The maximum absolute atomic E-state index is 6.10. The van der Waals surface area contributed by atoms with Crippen LogP contribution in [0.25, 0.3) is 0 Å². The third-order valence-electron chi connectivity index (χ3n) is 3.65. The minimum atomic E-state index is 0.224. The molecule has 1 unspecified atom stereocenters. The normalized spacial score (nSPS) is 19.0. The van der Waals surface area contributed by atoms with Crippen molar-refractivity contribution < 1.29 is 4.74 Å². The molecule has 2 aromatic heterocycles. The maximum Gasteiger partial charge on any atom is 0.123 e. The van der Waals surface area contributed by atoms with Crippen LogP contribution in [0.4, 0.5) is 0 Å². The summed E-state index contributed by atoms with van der Waals surface area (Å²) in [5.74, 6) is 0.903. The third-order valence-corrected chi connectivity index (χ3v) is 3.65. The zero-order chi connectivity index (χ0) is 15.4. The second-order valence-electron chi connectivity index (χ2n) is 5.95. The van der Waals surface area contributed by atoms with Gasteiger partial charge in [0, 0.05) is 38.4 Å². The molecule has 0 amide bonds. The Kier molecular flexibility index (Phi) is 4.65. The highest BCUT2D eigenvalue weighted by Gasteiger charge is 2.24. The molecule has 118 valence electrons. The van der Waals surface area contributed by atoms with E-state index in [4.69, 9.17) is 4.74 Å². The molecule has 0 spiro atoms. The van der Waals surface area contributed by atoms with Gasteiger partial charge in [-0.05, 0) is 26.6 Å². The number of hydrogen-bond acceptors (Lipinski definition) is 6. The average Bonchev–Trinajstić information content (AvgIpc) is 3.11. The molecule has 7 nitrogen and oxygen atoms in total. The highest BCUT2D eigenvalue weighted by Crippen LogP contribution is 2.20. The molecule has 0 aromatic carbocycles. The summed E-state index contributed by atoms with van der Waals surface area (Å²) in [6.07, 6.45) is 4.84. The largest absolute Gasteiger partial charge is 0.489 e. The molecule has 2 aromatic rings. The molecular weight excluding hydrogens is 280 g/mol. The number of likely N-dealkylation sites (tertiary alicyclic amines) is 1. The molecule has 0 radical (unpaired) electrons. The highest BCUT2D eigenvalue weighted by atomic mass is 16.5. The SMILES string of the molecule is CN(C)Cc1cc(OC2CCN(Cc3cn[nH]n3)C2)ccn1. The molecular formula is C15H22N6O. The molecule has 0 bridgehead atoms. The van der Waals surface area contributed by atoms with Gasteiger partial charge in [0.05, 0.1) is 17.6 Å². The number of pyridine rings is 1. The van der Waals surface area contributed by atoms with Crippen molar-refractivity contribution in [2.75, 3.05) is 27.2 Å². The lowest BCUT2D eigenvalue weighted by Crippen LogP contribution is -2.24. The van der Waals surface area contributed by atoms with Crippen LogP contribution in [-0.2, 0) is 13.1 Å². The minimum absolute atomic E-state index is 0.224. The van der Waals surface area contributed by atoms with E-state index in [-0.39, 0.29) is 6.10 Å². The molecule has 0 aliphatic carbocycles. The number of ether oxygens (including phenoxy) is 1. The minimum Gasteiger partial charge on any atom is -0.489 e. The Morgan fingerprint density at radius 2 is 2.32 bits per heavy atom. The van der Waals surface area contributed by atoms with Gasteiger partial charge in [0.2, 0.25) is 0 Å². The first-order chi connectivity index (χ1) is 10.7. The van der Waals surface area contributed by atoms with Crippen LogP contribution >= 0.6 is 0 Å². The van der Waals surface area contributed by atoms with Crippen molar-refractivity contribution in [2.24, 2.45) is 0 Å². The van der Waals surface area contributed by atoms with Gasteiger partial charge >= 0.3 is 0 Å². The summed E-state index contributed by atoms with van der Waals surface area (Å²) in [5.41, 5.74) is 2.00. The van der Waals surface area contributed by atoms with Gasteiger partial charge < -0.3 is 9.64 Å². The summed E-state index contributed by atoms with van der Waals surface area (Å²) >= 11 is 0.